The number of nitrogen functional groups attached to an aromatic ring is 1. The first-order chi connectivity index (χ1) is 9.51. The second-order valence-electron chi connectivity index (χ2n) is 4.66. The third-order valence-corrected chi connectivity index (χ3v) is 3.77. The van der Waals surface area contributed by atoms with Crippen molar-refractivity contribution in [3.05, 3.63) is 10.9 Å². The van der Waals surface area contributed by atoms with Gasteiger partial charge in [0.1, 0.15) is 16.7 Å². The summed E-state index contributed by atoms with van der Waals surface area (Å²) in [6.45, 7) is 6.49. The Labute approximate surface area is 121 Å². The van der Waals surface area contributed by atoms with Crippen molar-refractivity contribution < 1.29 is 4.79 Å². The number of rotatable bonds is 5. The van der Waals surface area contributed by atoms with Gasteiger partial charge < -0.3 is 16.4 Å². The molecule has 0 saturated carbocycles. The van der Waals surface area contributed by atoms with Crippen LogP contribution in [0.25, 0.3) is 10.2 Å². The fourth-order valence-corrected chi connectivity index (χ4v) is 2.73. The highest BCUT2D eigenvalue weighted by Crippen LogP contribution is 2.29. The molecule has 0 aliphatic heterocycles. The molecule has 0 spiro atoms. The third-order valence-electron chi connectivity index (χ3n) is 2.83. The highest BCUT2D eigenvalue weighted by atomic mass is 32.1. The summed E-state index contributed by atoms with van der Waals surface area (Å²) in [5.41, 5.74) is 5.71. The van der Waals surface area contributed by atoms with Crippen molar-refractivity contribution in [3.63, 3.8) is 0 Å². The molecule has 0 saturated heterocycles. The van der Waals surface area contributed by atoms with Crippen LogP contribution in [0.2, 0.25) is 0 Å². The van der Waals surface area contributed by atoms with Gasteiger partial charge in [-0.25, -0.2) is 4.98 Å². The zero-order valence-electron chi connectivity index (χ0n) is 11.9. The van der Waals surface area contributed by atoms with Crippen molar-refractivity contribution >= 4 is 39.2 Å². The fraction of sp³-hybridized carbons (Fsp3) is 0.462. The molecular formula is C13H19N5OS. The minimum absolute atomic E-state index is 0.0517. The van der Waals surface area contributed by atoms with E-state index in [-0.39, 0.29) is 17.9 Å². The summed E-state index contributed by atoms with van der Waals surface area (Å²) in [7, 11) is 0. The van der Waals surface area contributed by atoms with Crippen LogP contribution in [0.5, 0.6) is 0 Å². The molecule has 1 unspecified atom stereocenters. The Hall–Kier alpha value is -1.89. The predicted molar refractivity (Wildman–Crippen MR) is 82.9 cm³/mol. The van der Waals surface area contributed by atoms with Crippen molar-refractivity contribution in [1.29, 1.82) is 0 Å². The Bertz CT molecular complexity index is 624. The number of aryl methyl sites for hydroxylation is 1. The van der Waals surface area contributed by atoms with Crippen LogP contribution in [-0.4, -0.2) is 28.5 Å². The molecule has 2 heterocycles. The zero-order chi connectivity index (χ0) is 14.7. The summed E-state index contributed by atoms with van der Waals surface area (Å²) in [5.74, 6) is 0.767. The van der Waals surface area contributed by atoms with Gasteiger partial charge in [-0.2, -0.15) is 4.98 Å². The van der Waals surface area contributed by atoms with Gasteiger partial charge in [-0.15, -0.1) is 11.3 Å². The number of hydrogen-bond acceptors (Lipinski definition) is 6. The highest BCUT2D eigenvalue weighted by molar-refractivity contribution is 7.18. The average Bonchev–Trinajstić information content (AvgIpc) is 2.76. The lowest BCUT2D eigenvalue weighted by atomic mass is 10.2. The van der Waals surface area contributed by atoms with Crippen molar-refractivity contribution in [3.8, 4) is 0 Å². The van der Waals surface area contributed by atoms with Crippen LogP contribution in [0, 0.1) is 6.92 Å². The molecular weight excluding hydrogens is 274 g/mol. The lowest BCUT2D eigenvalue weighted by Gasteiger charge is -2.15. The lowest BCUT2D eigenvalue weighted by molar-refractivity contribution is -0.121. The first kappa shape index (κ1) is 14.5. The Morgan fingerprint density at radius 2 is 2.25 bits per heavy atom. The minimum Gasteiger partial charge on any atom is -0.368 e. The Kier molecular flexibility index (Phi) is 4.39. The van der Waals surface area contributed by atoms with E-state index in [9.17, 15) is 4.79 Å². The Morgan fingerprint density at radius 1 is 1.50 bits per heavy atom. The van der Waals surface area contributed by atoms with E-state index in [1.807, 2.05) is 19.9 Å². The molecule has 2 aromatic rings. The maximum absolute atomic E-state index is 11.9. The van der Waals surface area contributed by atoms with Gasteiger partial charge in [0, 0.05) is 11.4 Å². The van der Waals surface area contributed by atoms with E-state index in [1.54, 1.807) is 18.3 Å². The number of hydrogen-bond donors (Lipinski definition) is 3. The Balaban J connectivity index is 2.22. The smallest absolute Gasteiger partial charge is 0.242 e. The zero-order valence-corrected chi connectivity index (χ0v) is 12.7. The van der Waals surface area contributed by atoms with Crippen molar-refractivity contribution in [2.75, 3.05) is 17.6 Å². The summed E-state index contributed by atoms with van der Waals surface area (Å²) in [5, 5.41) is 6.86. The minimum atomic E-state index is -0.376. The first-order valence-electron chi connectivity index (χ1n) is 6.59. The molecule has 0 bridgehead atoms. The fourth-order valence-electron chi connectivity index (χ4n) is 1.84. The van der Waals surface area contributed by atoms with Crippen molar-refractivity contribution in [2.45, 2.75) is 33.2 Å². The topological polar surface area (TPSA) is 92.9 Å². The van der Waals surface area contributed by atoms with Gasteiger partial charge in [-0.1, -0.05) is 6.92 Å². The summed E-state index contributed by atoms with van der Waals surface area (Å²) in [4.78, 5) is 22.3. The van der Waals surface area contributed by atoms with Crippen LogP contribution in [0.4, 0.5) is 11.8 Å². The van der Waals surface area contributed by atoms with Crippen molar-refractivity contribution in [2.24, 2.45) is 0 Å². The molecule has 2 rings (SSSR count). The van der Waals surface area contributed by atoms with E-state index in [1.165, 1.54) is 0 Å². The van der Waals surface area contributed by atoms with Crippen LogP contribution in [0.3, 0.4) is 0 Å². The number of nitrogens with two attached hydrogens (primary N) is 1. The van der Waals surface area contributed by atoms with Gasteiger partial charge in [-0.3, -0.25) is 4.79 Å². The molecule has 1 amide bonds. The quantitative estimate of drug-likeness (QED) is 0.783. The van der Waals surface area contributed by atoms with Crippen LogP contribution in [0.1, 0.15) is 25.1 Å². The number of nitrogens with zero attached hydrogens (tertiary/aromatic N) is 2. The normalized spacial score (nSPS) is 12.3. The molecule has 6 nitrogen and oxygen atoms in total. The van der Waals surface area contributed by atoms with Crippen LogP contribution < -0.4 is 16.4 Å². The summed E-state index contributed by atoms with van der Waals surface area (Å²) in [6, 6.07) is 1.62. The first-order valence-corrected chi connectivity index (χ1v) is 7.40. The van der Waals surface area contributed by atoms with Crippen LogP contribution in [0.15, 0.2) is 6.07 Å². The molecule has 0 aliphatic rings. The van der Waals surface area contributed by atoms with Crippen LogP contribution in [-0.2, 0) is 4.79 Å². The molecule has 108 valence electrons. The maximum atomic E-state index is 11.9. The third kappa shape index (κ3) is 3.16. The number of carbonyl (C=O) groups excluding carboxylic acids is 1. The number of carbonyl (C=O) groups is 1. The summed E-state index contributed by atoms with van der Waals surface area (Å²) in [6.07, 6.45) is 0.910. The molecule has 0 fully saturated rings. The molecule has 0 radical (unpaired) electrons. The largest absolute Gasteiger partial charge is 0.368 e. The van der Waals surface area contributed by atoms with Gasteiger partial charge in [0.2, 0.25) is 11.9 Å². The van der Waals surface area contributed by atoms with E-state index in [0.29, 0.717) is 12.4 Å². The number of thiophene rings is 1. The number of amides is 1. The van der Waals surface area contributed by atoms with Gasteiger partial charge in [-0.05, 0) is 26.3 Å². The molecule has 7 heteroatoms. The number of fused-ring (bicyclic) bond motifs is 1. The standard InChI is InChI=1S/C13H19N5OS/c1-4-5-15-11(19)8(3)16-10-9-6-7(2)20-12(9)18-13(14)17-10/h6,8H,4-5H2,1-3H3,(H,15,19)(H3,14,16,17,18). The molecule has 20 heavy (non-hydrogen) atoms. The monoisotopic (exact) mass is 293 g/mol. The highest BCUT2D eigenvalue weighted by Gasteiger charge is 2.16. The van der Waals surface area contributed by atoms with E-state index in [2.05, 4.69) is 20.6 Å². The van der Waals surface area contributed by atoms with Gasteiger partial charge in [0.25, 0.3) is 0 Å². The molecule has 1 atom stereocenters. The van der Waals surface area contributed by atoms with Gasteiger partial charge in [0.15, 0.2) is 0 Å². The molecule has 0 aromatic carbocycles. The van der Waals surface area contributed by atoms with E-state index < -0.39 is 0 Å². The predicted octanol–water partition coefficient (Wildman–Crippen LogP) is 1.91. The van der Waals surface area contributed by atoms with Gasteiger partial charge >= 0.3 is 0 Å². The summed E-state index contributed by atoms with van der Waals surface area (Å²) < 4.78 is 0. The second kappa shape index (κ2) is 6.04. The SMILES string of the molecule is CCCNC(=O)C(C)Nc1nc(N)nc2sc(C)cc12. The lowest BCUT2D eigenvalue weighted by Crippen LogP contribution is -2.38. The number of anilines is 2. The Morgan fingerprint density at radius 3 is 2.95 bits per heavy atom. The molecule has 4 N–H and O–H groups in total. The van der Waals surface area contributed by atoms with Crippen LogP contribution >= 0.6 is 11.3 Å². The second-order valence-corrected chi connectivity index (χ2v) is 5.90. The average molecular weight is 293 g/mol. The van der Waals surface area contributed by atoms with E-state index >= 15 is 0 Å². The van der Waals surface area contributed by atoms with Crippen molar-refractivity contribution in [1.82, 2.24) is 15.3 Å². The van der Waals surface area contributed by atoms with E-state index in [4.69, 9.17) is 5.73 Å². The van der Waals surface area contributed by atoms with E-state index in [0.717, 1.165) is 21.5 Å². The maximum Gasteiger partial charge on any atom is 0.242 e. The summed E-state index contributed by atoms with van der Waals surface area (Å²) >= 11 is 1.56. The number of aromatic nitrogens is 2. The molecule has 2 aromatic heterocycles. The number of nitrogens with one attached hydrogen (secondary N) is 2. The van der Waals surface area contributed by atoms with Gasteiger partial charge in [0.05, 0.1) is 5.39 Å². The molecule has 0 aliphatic carbocycles.